The van der Waals surface area contributed by atoms with Crippen molar-refractivity contribution in [2.24, 2.45) is 5.92 Å². The lowest BCUT2D eigenvalue weighted by Gasteiger charge is -2.08. The maximum Gasteiger partial charge on any atom is 0.151 e. The van der Waals surface area contributed by atoms with Gasteiger partial charge in [0.1, 0.15) is 5.75 Å². The van der Waals surface area contributed by atoms with Gasteiger partial charge < -0.3 is 10.1 Å². The van der Waals surface area contributed by atoms with E-state index < -0.39 is 0 Å². The average molecular weight is 268 g/mol. The number of halogens is 1. The van der Waals surface area contributed by atoms with Crippen LogP contribution in [-0.2, 0) is 11.2 Å². The summed E-state index contributed by atoms with van der Waals surface area (Å²) >= 11 is 5.93. The minimum Gasteiger partial charge on any atom is -0.496 e. The molecule has 0 bridgehead atoms. The lowest BCUT2D eigenvalue weighted by molar-refractivity contribution is -0.117. The molecular weight excluding hydrogens is 250 g/mol. The van der Waals surface area contributed by atoms with Crippen LogP contribution in [0.3, 0.4) is 0 Å². The van der Waals surface area contributed by atoms with Crippen LogP contribution in [0.2, 0.25) is 5.02 Å². The van der Waals surface area contributed by atoms with E-state index in [2.05, 4.69) is 5.32 Å². The first kappa shape index (κ1) is 13.4. The van der Waals surface area contributed by atoms with Gasteiger partial charge >= 0.3 is 0 Å². The summed E-state index contributed by atoms with van der Waals surface area (Å²) in [6.45, 7) is 1.38. The fraction of sp³-hybridized carbons (Fsp3) is 0.500. The summed E-state index contributed by atoms with van der Waals surface area (Å²) in [5.41, 5.74) is 0.850. The van der Waals surface area contributed by atoms with Gasteiger partial charge in [-0.3, -0.25) is 4.79 Å². The Morgan fingerprint density at radius 3 is 2.94 bits per heavy atom. The van der Waals surface area contributed by atoms with Crippen LogP contribution in [0.5, 0.6) is 5.75 Å². The van der Waals surface area contributed by atoms with Crippen LogP contribution in [0.1, 0.15) is 18.4 Å². The molecule has 0 spiro atoms. The first-order chi connectivity index (χ1) is 8.69. The third kappa shape index (κ3) is 4.00. The molecule has 0 radical (unpaired) electrons. The van der Waals surface area contributed by atoms with Gasteiger partial charge in [-0.1, -0.05) is 11.6 Å². The van der Waals surface area contributed by atoms with Crippen molar-refractivity contribution < 1.29 is 9.53 Å². The Hall–Kier alpha value is -1.06. The molecule has 1 aromatic carbocycles. The van der Waals surface area contributed by atoms with Crippen LogP contribution in [0.4, 0.5) is 0 Å². The van der Waals surface area contributed by atoms with Crippen LogP contribution in [0.25, 0.3) is 0 Å². The highest BCUT2D eigenvalue weighted by Gasteiger charge is 2.20. The summed E-state index contributed by atoms with van der Waals surface area (Å²) in [4.78, 5) is 11.8. The highest BCUT2D eigenvalue weighted by Crippen LogP contribution is 2.27. The number of Topliss-reactive ketones (excluding diaryl/α,β-unsaturated/α-hetero) is 1. The van der Waals surface area contributed by atoms with Gasteiger partial charge in [0.25, 0.3) is 0 Å². The van der Waals surface area contributed by atoms with E-state index in [-0.39, 0.29) is 5.78 Å². The SMILES string of the molecule is COc1ccc(Cl)cc1CC(=O)CNCC1CC1. The number of carbonyl (C=O) groups excluding carboxylic acids is 1. The molecule has 1 N–H and O–H groups in total. The molecule has 0 saturated heterocycles. The monoisotopic (exact) mass is 267 g/mol. The molecule has 1 aliphatic carbocycles. The largest absolute Gasteiger partial charge is 0.496 e. The Labute approximate surface area is 112 Å². The third-order valence-electron chi connectivity index (χ3n) is 3.08. The molecule has 18 heavy (non-hydrogen) atoms. The van der Waals surface area contributed by atoms with Gasteiger partial charge in [-0.25, -0.2) is 0 Å². The maximum atomic E-state index is 11.8. The van der Waals surface area contributed by atoms with Crippen LogP contribution in [-0.4, -0.2) is 26.0 Å². The van der Waals surface area contributed by atoms with Gasteiger partial charge in [0.05, 0.1) is 13.7 Å². The number of hydrogen-bond acceptors (Lipinski definition) is 3. The summed E-state index contributed by atoms with van der Waals surface area (Å²) in [5.74, 6) is 1.67. The zero-order valence-corrected chi connectivity index (χ0v) is 11.3. The lowest BCUT2D eigenvalue weighted by Crippen LogP contribution is -2.26. The molecule has 98 valence electrons. The molecule has 2 rings (SSSR count). The highest BCUT2D eigenvalue weighted by atomic mass is 35.5. The minimum absolute atomic E-state index is 0.163. The Morgan fingerprint density at radius 1 is 1.50 bits per heavy atom. The molecular formula is C14H18ClNO2. The molecule has 0 aromatic heterocycles. The molecule has 0 aliphatic heterocycles. The van der Waals surface area contributed by atoms with E-state index in [9.17, 15) is 4.79 Å². The van der Waals surface area contributed by atoms with E-state index in [1.54, 1.807) is 25.3 Å². The topological polar surface area (TPSA) is 38.3 Å². The van der Waals surface area contributed by atoms with Crippen LogP contribution in [0.15, 0.2) is 18.2 Å². The second-order valence-electron chi connectivity index (χ2n) is 4.75. The van der Waals surface area contributed by atoms with E-state index in [0.717, 1.165) is 23.8 Å². The predicted molar refractivity (Wildman–Crippen MR) is 72.3 cm³/mol. The summed E-state index contributed by atoms with van der Waals surface area (Å²) in [5, 5.41) is 3.83. The van der Waals surface area contributed by atoms with Crippen molar-refractivity contribution in [1.82, 2.24) is 5.32 Å². The van der Waals surface area contributed by atoms with Crippen molar-refractivity contribution in [3.05, 3.63) is 28.8 Å². The molecule has 1 aromatic rings. The zero-order chi connectivity index (χ0) is 13.0. The Balaban J connectivity index is 1.86. The van der Waals surface area contributed by atoms with E-state index in [1.807, 2.05) is 0 Å². The number of ether oxygens (including phenoxy) is 1. The normalized spacial score (nSPS) is 14.6. The number of carbonyl (C=O) groups is 1. The molecule has 4 heteroatoms. The molecule has 0 unspecified atom stereocenters. The Kier molecular flexibility index (Phi) is 4.61. The fourth-order valence-electron chi connectivity index (χ4n) is 1.90. The van der Waals surface area contributed by atoms with Crippen LogP contribution in [0, 0.1) is 5.92 Å². The lowest BCUT2D eigenvalue weighted by atomic mass is 10.1. The molecule has 1 fully saturated rings. The molecule has 0 heterocycles. The van der Waals surface area contributed by atoms with Crippen LogP contribution >= 0.6 is 11.6 Å². The van der Waals surface area contributed by atoms with E-state index in [1.165, 1.54) is 12.8 Å². The maximum absolute atomic E-state index is 11.8. The van der Waals surface area contributed by atoms with Crippen molar-refractivity contribution in [1.29, 1.82) is 0 Å². The summed E-state index contributed by atoms with van der Waals surface area (Å²) in [6.07, 6.45) is 2.95. The Morgan fingerprint density at radius 2 is 2.28 bits per heavy atom. The predicted octanol–water partition coefficient (Wildman–Crippen LogP) is 2.46. The van der Waals surface area contributed by atoms with Gasteiger partial charge in [-0.15, -0.1) is 0 Å². The molecule has 0 atom stereocenters. The van der Waals surface area contributed by atoms with Crippen molar-refractivity contribution in [3.8, 4) is 5.75 Å². The second kappa shape index (κ2) is 6.21. The second-order valence-corrected chi connectivity index (χ2v) is 5.18. The molecule has 1 aliphatic rings. The van der Waals surface area contributed by atoms with E-state index in [0.29, 0.717) is 18.0 Å². The van der Waals surface area contributed by atoms with Crippen molar-refractivity contribution in [2.45, 2.75) is 19.3 Å². The number of ketones is 1. The minimum atomic E-state index is 0.163. The molecule has 3 nitrogen and oxygen atoms in total. The summed E-state index contributed by atoms with van der Waals surface area (Å²) < 4.78 is 5.22. The highest BCUT2D eigenvalue weighted by molar-refractivity contribution is 6.30. The number of rotatable bonds is 7. The summed E-state index contributed by atoms with van der Waals surface area (Å²) in [6, 6.07) is 5.35. The fourth-order valence-corrected chi connectivity index (χ4v) is 2.09. The van der Waals surface area contributed by atoms with E-state index >= 15 is 0 Å². The molecule has 1 saturated carbocycles. The van der Waals surface area contributed by atoms with Crippen LogP contribution < -0.4 is 10.1 Å². The van der Waals surface area contributed by atoms with Gasteiger partial charge in [0.2, 0.25) is 0 Å². The van der Waals surface area contributed by atoms with Crippen molar-refractivity contribution in [2.75, 3.05) is 20.2 Å². The zero-order valence-electron chi connectivity index (χ0n) is 10.5. The van der Waals surface area contributed by atoms with Crippen molar-refractivity contribution >= 4 is 17.4 Å². The summed E-state index contributed by atoms with van der Waals surface area (Å²) in [7, 11) is 1.60. The van der Waals surface area contributed by atoms with Gasteiger partial charge in [-0.05, 0) is 43.5 Å². The number of nitrogens with one attached hydrogen (secondary N) is 1. The first-order valence-corrected chi connectivity index (χ1v) is 6.61. The first-order valence-electron chi connectivity index (χ1n) is 6.24. The molecule has 0 amide bonds. The Bertz CT molecular complexity index is 430. The number of methoxy groups -OCH3 is 1. The third-order valence-corrected chi connectivity index (χ3v) is 3.32. The van der Waals surface area contributed by atoms with E-state index in [4.69, 9.17) is 16.3 Å². The van der Waals surface area contributed by atoms with Gasteiger partial charge in [0.15, 0.2) is 5.78 Å². The van der Waals surface area contributed by atoms with Gasteiger partial charge in [-0.2, -0.15) is 0 Å². The van der Waals surface area contributed by atoms with Crippen molar-refractivity contribution in [3.63, 3.8) is 0 Å². The average Bonchev–Trinajstić information content (AvgIpc) is 3.13. The smallest absolute Gasteiger partial charge is 0.151 e. The number of hydrogen-bond donors (Lipinski definition) is 1. The quantitative estimate of drug-likeness (QED) is 0.825. The van der Waals surface area contributed by atoms with Gasteiger partial charge in [0, 0.05) is 17.0 Å². The number of benzene rings is 1. The standard InChI is InChI=1S/C14H18ClNO2/c1-18-14-5-4-12(15)6-11(14)7-13(17)9-16-8-10-2-3-10/h4-6,10,16H,2-3,7-9H2,1H3.